The van der Waals surface area contributed by atoms with Gasteiger partial charge in [-0.05, 0) is 43.0 Å². The lowest BCUT2D eigenvalue weighted by Crippen LogP contribution is -2.32. The van der Waals surface area contributed by atoms with Gasteiger partial charge in [-0.25, -0.2) is 0 Å². The zero-order chi connectivity index (χ0) is 16.1. The third-order valence-corrected chi connectivity index (χ3v) is 6.44. The first-order valence-electron chi connectivity index (χ1n) is 8.15. The van der Waals surface area contributed by atoms with E-state index in [1.807, 2.05) is 12.1 Å². The van der Waals surface area contributed by atoms with Gasteiger partial charge in [-0.2, -0.15) is 0 Å². The number of aliphatic imine (C=N–C) groups is 1. The fraction of sp³-hybridized carbons (Fsp3) is 0.529. The van der Waals surface area contributed by atoms with Crippen LogP contribution < -0.4 is 10.2 Å². The van der Waals surface area contributed by atoms with E-state index in [0.29, 0.717) is 5.75 Å². The van der Waals surface area contributed by atoms with Crippen molar-refractivity contribution in [1.82, 2.24) is 0 Å². The van der Waals surface area contributed by atoms with Crippen LogP contribution in [0.4, 0.5) is 11.4 Å². The summed E-state index contributed by atoms with van der Waals surface area (Å²) < 4.78 is 1.04. The summed E-state index contributed by atoms with van der Waals surface area (Å²) in [5.74, 6) is 2.34. The first-order chi connectivity index (χ1) is 11.2. The average molecular weight is 350 g/mol. The summed E-state index contributed by atoms with van der Waals surface area (Å²) in [5.41, 5.74) is 2.12. The fourth-order valence-corrected chi connectivity index (χ4v) is 4.56. The maximum Gasteiger partial charge on any atom is 0.234 e. The second-order valence-corrected chi connectivity index (χ2v) is 8.36. The Bertz CT molecular complexity index is 566. The molecule has 1 aromatic rings. The minimum Gasteiger partial charge on any atom is -0.372 e. The fourth-order valence-electron chi connectivity index (χ4n) is 2.75. The highest BCUT2D eigenvalue weighted by Gasteiger charge is 2.16. The molecule has 0 radical (unpaired) electrons. The zero-order valence-electron chi connectivity index (χ0n) is 13.5. The van der Waals surface area contributed by atoms with E-state index >= 15 is 0 Å². The van der Waals surface area contributed by atoms with Crippen molar-refractivity contribution in [3.8, 4) is 0 Å². The molecule has 1 saturated heterocycles. The van der Waals surface area contributed by atoms with E-state index in [9.17, 15) is 4.79 Å². The Morgan fingerprint density at radius 2 is 2.09 bits per heavy atom. The van der Waals surface area contributed by atoms with E-state index < -0.39 is 0 Å². The molecule has 0 bridgehead atoms. The van der Waals surface area contributed by atoms with Crippen molar-refractivity contribution in [2.75, 3.05) is 41.4 Å². The van der Waals surface area contributed by atoms with Gasteiger partial charge in [0.1, 0.15) is 4.38 Å². The van der Waals surface area contributed by atoms with Crippen LogP contribution in [0.3, 0.4) is 0 Å². The second kappa shape index (κ2) is 8.11. The van der Waals surface area contributed by atoms with Gasteiger partial charge >= 0.3 is 0 Å². The minimum absolute atomic E-state index is 0.0322. The number of carbonyl (C=O) groups is 1. The van der Waals surface area contributed by atoms with Crippen molar-refractivity contribution in [2.24, 2.45) is 10.9 Å². The van der Waals surface area contributed by atoms with E-state index in [1.165, 1.54) is 30.3 Å². The molecule has 1 fully saturated rings. The molecule has 4 nitrogen and oxygen atoms in total. The average Bonchev–Trinajstić information content (AvgIpc) is 3.08. The molecular formula is C17H23N3OS2. The Balaban J connectivity index is 1.48. The van der Waals surface area contributed by atoms with Gasteiger partial charge in [-0.1, -0.05) is 30.4 Å². The van der Waals surface area contributed by atoms with Gasteiger partial charge in [-0.15, -0.1) is 0 Å². The van der Waals surface area contributed by atoms with Crippen LogP contribution in [0.5, 0.6) is 0 Å². The second-order valence-electron chi connectivity index (χ2n) is 6.05. The lowest BCUT2D eigenvalue weighted by molar-refractivity contribution is -0.113. The minimum atomic E-state index is 0.0322. The normalized spacial score (nSPS) is 18.8. The monoisotopic (exact) mass is 349 g/mol. The van der Waals surface area contributed by atoms with Crippen LogP contribution in [0.1, 0.15) is 19.8 Å². The Labute approximate surface area is 146 Å². The van der Waals surface area contributed by atoms with E-state index in [2.05, 4.69) is 34.3 Å². The number of hydrogen-bond donors (Lipinski definition) is 1. The highest BCUT2D eigenvalue weighted by atomic mass is 32.2. The molecule has 0 unspecified atom stereocenters. The van der Waals surface area contributed by atoms with Crippen molar-refractivity contribution >= 4 is 45.2 Å². The number of thioether (sulfide) groups is 2. The quantitative estimate of drug-likeness (QED) is 0.900. The topological polar surface area (TPSA) is 44.7 Å². The van der Waals surface area contributed by atoms with Gasteiger partial charge in [0.2, 0.25) is 5.91 Å². The summed E-state index contributed by atoms with van der Waals surface area (Å²) in [5, 5.41) is 2.96. The molecule has 0 aromatic heterocycles. The first-order valence-corrected chi connectivity index (χ1v) is 10.1. The molecule has 1 aromatic carbocycles. The molecule has 2 aliphatic heterocycles. The maximum atomic E-state index is 12.0. The Hall–Kier alpha value is -1.14. The number of benzene rings is 1. The molecule has 124 valence electrons. The van der Waals surface area contributed by atoms with E-state index in [4.69, 9.17) is 0 Å². The van der Waals surface area contributed by atoms with Crippen LogP contribution in [0, 0.1) is 5.92 Å². The highest BCUT2D eigenvalue weighted by molar-refractivity contribution is 8.39. The van der Waals surface area contributed by atoms with Gasteiger partial charge in [-0.3, -0.25) is 9.79 Å². The number of amides is 1. The molecule has 6 heteroatoms. The van der Waals surface area contributed by atoms with Gasteiger partial charge in [0.25, 0.3) is 0 Å². The lowest BCUT2D eigenvalue weighted by Gasteiger charge is -2.32. The van der Waals surface area contributed by atoms with Crippen molar-refractivity contribution in [3.05, 3.63) is 24.3 Å². The number of piperidine rings is 1. The molecule has 1 N–H and O–H groups in total. The number of hydrogen-bond acceptors (Lipinski definition) is 5. The number of nitrogens with one attached hydrogen (secondary N) is 1. The molecule has 2 aliphatic rings. The van der Waals surface area contributed by atoms with Gasteiger partial charge in [0.15, 0.2) is 0 Å². The summed E-state index contributed by atoms with van der Waals surface area (Å²) in [6, 6.07) is 8.21. The molecule has 0 aliphatic carbocycles. The van der Waals surface area contributed by atoms with Crippen molar-refractivity contribution in [3.63, 3.8) is 0 Å². The standard InChI is InChI=1S/C17H23N3OS2/c1-13-6-9-20(10-7-13)15-4-2-14(3-5-15)19-16(21)12-23-17-18-8-11-22-17/h2-5,13H,6-12H2,1H3,(H,19,21). The van der Waals surface area contributed by atoms with Crippen LogP contribution in [0.25, 0.3) is 0 Å². The number of carbonyl (C=O) groups excluding carboxylic acids is 1. The Morgan fingerprint density at radius 1 is 1.35 bits per heavy atom. The molecule has 0 atom stereocenters. The maximum absolute atomic E-state index is 12.0. The lowest BCUT2D eigenvalue weighted by atomic mass is 9.99. The van der Waals surface area contributed by atoms with Crippen LogP contribution in [-0.2, 0) is 4.79 Å². The van der Waals surface area contributed by atoms with Crippen molar-refractivity contribution in [1.29, 1.82) is 0 Å². The zero-order valence-corrected chi connectivity index (χ0v) is 15.1. The van der Waals surface area contributed by atoms with E-state index in [1.54, 1.807) is 11.8 Å². The molecule has 0 saturated carbocycles. The van der Waals surface area contributed by atoms with Crippen molar-refractivity contribution < 1.29 is 4.79 Å². The summed E-state index contributed by atoms with van der Waals surface area (Å²) >= 11 is 3.27. The number of anilines is 2. The van der Waals surface area contributed by atoms with E-state index in [-0.39, 0.29) is 5.91 Å². The van der Waals surface area contributed by atoms with E-state index in [0.717, 1.165) is 41.4 Å². The highest BCUT2D eigenvalue weighted by Crippen LogP contribution is 2.25. The third kappa shape index (κ3) is 4.91. The molecule has 23 heavy (non-hydrogen) atoms. The van der Waals surface area contributed by atoms with Gasteiger partial charge in [0.05, 0.1) is 12.3 Å². The molecule has 1 amide bonds. The van der Waals surface area contributed by atoms with Crippen molar-refractivity contribution in [2.45, 2.75) is 19.8 Å². The number of rotatable bonds is 4. The largest absolute Gasteiger partial charge is 0.372 e. The smallest absolute Gasteiger partial charge is 0.234 e. The molecular weight excluding hydrogens is 326 g/mol. The van der Waals surface area contributed by atoms with Gasteiger partial charge < -0.3 is 10.2 Å². The number of nitrogens with zero attached hydrogens (tertiary/aromatic N) is 2. The molecule has 0 spiro atoms. The van der Waals surface area contributed by atoms with Crippen LogP contribution in [-0.4, -0.2) is 41.4 Å². The first kappa shape index (κ1) is 16.7. The molecule has 2 heterocycles. The predicted octanol–water partition coefficient (Wildman–Crippen LogP) is 3.70. The van der Waals surface area contributed by atoms with Crippen LogP contribution >= 0.6 is 23.5 Å². The SMILES string of the molecule is CC1CCN(c2ccc(NC(=O)CSC3=NCCS3)cc2)CC1. The third-order valence-electron chi connectivity index (χ3n) is 4.18. The van der Waals surface area contributed by atoms with Crippen LogP contribution in [0.2, 0.25) is 0 Å². The van der Waals surface area contributed by atoms with Crippen LogP contribution in [0.15, 0.2) is 29.3 Å². The molecule has 3 rings (SSSR count). The summed E-state index contributed by atoms with van der Waals surface area (Å²) in [6.07, 6.45) is 2.52. The van der Waals surface area contributed by atoms with Gasteiger partial charge in [0, 0.05) is 30.2 Å². The summed E-state index contributed by atoms with van der Waals surface area (Å²) in [4.78, 5) is 18.8. The Morgan fingerprint density at radius 3 is 2.74 bits per heavy atom. The summed E-state index contributed by atoms with van der Waals surface area (Å²) in [6.45, 7) is 5.46. The predicted molar refractivity (Wildman–Crippen MR) is 103 cm³/mol. The summed E-state index contributed by atoms with van der Waals surface area (Å²) in [7, 11) is 0. The Kier molecular flexibility index (Phi) is 5.89.